The van der Waals surface area contributed by atoms with Crippen molar-refractivity contribution in [2.45, 2.75) is 24.8 Å². The Labute approximate surface area is 164 Å². The first kappa shape index (κ1) is 18.5. The predicted molar refractivity (Wildman–Crippen MR) is 105 cm³/mol. The first-order valence-electron chi connectivity index (χ1n) is 9.67. The van der Waals surface area contributed by atoms with Gasteiger partial charge in [-0.05, 0) is 35.1 Å². The molecule has 2 aromatic carbocycles. The van der Waals surface area contributed by atoms with E-state index < -0.39 is 12.1 Å². The van der Waals surface area contributed by atoms with Gasteiger partial charge in [0.15, 0.2) is 0 Å². The molecule has 2 aromatic rings. The van der Waals surface area contributed by atoms with Gasteiger partial charge in [-0.3, -0.25) is 9.69 Å². The molecule has 1 aliphatic carbocycles. The predicted octanol–water partition coefficient (Wildman–Crippen LogP) is 3.07. The lowest BCUT2D eigenvalue weighted by atomic mass is 9.98. The van der Waals surface area contributed by atoms with Gasteiger partial charge in [0.2, 0.25) is 0 Å². The number of hydrogen-bond acceptors (Lipinski definition) is 4. The maximum atomic E-state index is 12.3. The number of benzene rings is 2. The third kappa shape index (κ3) is 3.87. The van der Waals surface area contributed by atoms with E-state index in [-0.39, 0.29) is 18.5 Å². The number of carbonyl (C=O) groups is 2. The standard InChI is InChI=1S/C22H24N2O4/c25-21(26)13-24-11-9-15(10-12-24)23-22(27)28-14-20-18-7-3-1-5-16(18)17-6-2-4-8-19(17)20/h1-8,15,20H,9-14H2,(H,23,27)(H,25,26). The monoisotopic (exact) mass is 380 g/mol. The lowest BCUT2D eigenvalue weighted by molar-refractivity contribution is -0.138. The molecule has 0 bridgehead atoms. The SMILES string of the molecule is O=C(O)CN1CCC(NC(=O)OCC2c3ccccc3-c3ccccc32)CC1. The molecule has 1 heterocycles. The van der Waals surface area contributed by atoms with Crippen molar-refractivity contribution < 1.29 is 19.4 Å². The Balaban J connectivity index is 1.33. The Morgan fingerprint density at radius 3 is 2.14 bits per heavy atom. The van der Waals surface area contributed by atoms with E-state index in [1.807, 2.05) is 29.2 Å². The van der Waals surface area contributed by atoms with Crippen LogP contribution in [0.1, 0.15) is 29.9 Å². The molecule has 1 aliphatic heterocycles. The van der Waals surface area contributed by atoms with Crippen LogP contribution in [0.25, 0.3) is 11.1 Å². The van der Waals surface area contributed by atoms with E-state index in [2.05, 4.69) is 29.6 Å². The number of nitrogens with zero attached hydrogens (tertiary/aromatic N) is 1. The highest BCUT2D eigenvalue weighted by Crippen LogP contribution is 2.44. The second-order valence-electron chi connectivity index (χ2n) is 7.41. The molecular formula is C22H24N2O4. The minimum absolute atomic E-state index is 0.0284. The van der Waals surface area contributed by atoms with Crippen molar-refractivity contribution in [2.24, 2.45) is 0 Å². The number of carbonyl (C=O) groups excluding carboxylic acids is 1. The maximum Gasteiger partial charge on any atom is 0.407 e. The summed E-state index contributed by atoms with van der Waals surface area (Å²) in [6.45, 7) is 1.69. The first-order valence-corrected chi connectivity index (χ1v) is 9.67. The number of likely N-dealkylation sites (tertiary alicyclic amines) is 1. The maximum absolute atomic E-state index is 12.3. The van der Waals surface area contributed by atoms with Crippen LogP contribution in [-0.4, -0.2) is 54.4 Å². The van der Waals surface area contributed by atoms with Gasteiger partial charge in [-0.2, -0.15) is 0 Å². The van der Waals surface area contributed by atoms with Crippen LogP contribution < -0.4 is 5.32 Å². The van der Waals surface area contributed by atoms with Crippen LogP contribution in [0, 0.1) is 0 Å². The summed E-state index contributed by atoms with van der Waals surface area (Å²) in [6, 6.07) is 16.5. The smallest absolute Gasteiger partial charge is 0.407 e. The van der Waals surface area contributed by atoms with E-state index in [1.165, 1.54) is 22.3 Å². The highest BCUT2D eigenvalue weighted by atomic mass is 16.5. The number of piperidine rings is 1. The molecule has 0 spiro atoms. The topological polar surface area (TPSA) is 78.9 Å². The highest BCUT2D eigenvalue weighted by Gasteiger charge is 2.29. The van der Waals surface area contributed by atoms with Crippen molar-refractivity contribution in [2.75, 3.05) is 26.2 Å². The fourth-order valence-electron chi connectivity index (χ4n) is 4.23. The van der Waals surface area contributed by atoms with Gasteiger partial charge in [0.1, 0.15) is 6.61 Å². The summed E-state index contributed by atoms with van der Waals surface area (Å²) in [5.74, 6) is -0.765. The molecule has 0 unspecified atom stereocenters. The van der Waals surface area contributed by atoms with Crippen molar-refractivity contribution in [1.82, 2.24) is 10.2 Å². The molecule has 6 heteroatoms. The van der Waals surface area contributed by atoms with E-state index in [0.29, 0.717) is 19.7 Å². The Bertz CT molecular complexity index is 829. The molecule has 2 aliphatic rings. The summed E-state index contributed by atoms with van der Waals surface area (Å²) in [5, 5.41) is 11.8. The second-order valence-corrected chi connectivity index (χ2v) is 7.41. The van der Waals surface area contributed by atoms with Gasteiger partial charge < -0.3 is 15.2 Å². The van der Waals surface area contributed by atoms with Crippen LogP contribution in [0.5, 0.6) is 0 Å². The fourth-order valence-corrected chi connectivity index (χ4v) is 4.23. The third-order valence-corrected chi connectivity index (χ3v) is 5.61. The number of carboxylic acid groups (broad SMARTS) is 1. The second kappa shape index (κ2) is 8.02. The minimum Gasteiger partial charge on any atom is -0.480 e. The molecular weight excluding hydrogens is 356 g/mol. The summed E-state index contributed by atoms with van der Waals surface area (Å²) in [6.07, 6.45) is 1.06. The Kier molecular flexibility index (Phi) is 5.30. The quantitative estimate of drug-likeness (QED) is 0.833. The summed E-state index contributed by atoms with van der Waals surface area (Å²) < 4.78 is 5.58. The van der Waals surface area contributed by atoms with Crippen molar-refractivity contribution in [3.8, 4) is 11.1 Å². The lowest BCUT2D eigenvalue weighted by Gasteiger charge is -2.31. The van der Waals surface area contributed by atoms with E-state index in [0.717, 1.165) is 12.8 Å². The van der Waals surface area contributed by atoms with Gasteiger partial charge in [0.25, 0.3) is 0 Å². The van der Waals surface area contributed by atoms with Crippen LogP contribution in [0.4, 0.5) is 4.79 Å². The molecule has 6 nitrogen and oxygen atoms in total. The molecule has 146 valence electrons. The van der Waals surface area contributed by atoms with Gasteiger partial charge >= 0.3 is 12.1 Å². The Morgan fingerprint density at radius 1 is 1.00 bits per heavy atom. The molecule has 4 rings (SSSR count). The van der Waals surface area contributed by atoms with Crippen molar-refractivity contribution in [1.29, 1.82) is 0 Å². The number of alkyl carbamates (subject to hydrolysis) is 1. The third-order valence-electron chi connectivity index (χ3n) is 5.61. The fraction of sp³-hybridized carbons (Fsp3) is 0.364. The van der Waals surface area contributed by atoms with Crippen molar-refractivity contribution >= 4 is 12.1 Å². The van der Waals surface area contributed by atoms with Crippen molar-refractivity contribution in [3.63, 3.8) is 0 Å². The van der Waals surface area contributed by atoms with Gasteiger partial charge in [-0.25, -0.2) is 4.79 Å². The molecule has 0 atom stereocenters. The highest BCUT2D eigenvalue weighted by molar-refractivity contribution is 5.79. The molecule has 1 amide bonds. The molecule has 0 radical (unpaired) electrons. The molecule has 0 aromatic heterocycles. The van der Waals surface area contributed by atoms with E-state index >= 15 is 0 Å². The summed E-state index contributed by atoms with van der Waals surface area (Å²) in [5.41, 5.74) is 4.80. The van der Waals surface area contributed by atoms with Gasteiger partial charge in [-0.15, -0.1) is 0 Å². The molecule has 1 saturated heterocycles. The number of rotatable bonds is 5. The Hall–Kier alpha value is -2.86. The average Bonchev–Trinajstić information content (AvgIpc) is 3.01. The van der Waals surface area contributed by atoms with E-state index in [1.54, 1.807) is 0 Å². The number of ether oxygens (including phenoxy) is 1. The molecule has 2 N–H and O–H groups in total. The number of amides is 1. The zero-order valence-electron chi connectivity index (χ0n) is 15.6. The van der Waals surface area contributed by atoms with Gasteiger partial charge in [0, 0.05) is 25.0 Å². The van der Waals surface area contributed by atoms with Crippen LogP contribution in [0.2, 0.25) is 0 Å². The summed E-state index contributed by atoms with van der Waals surface area (Å²) in [7, 11) is 0. The van der Waals surface area contributed by atoms with Crippen LogP contribution in [0.3, 0.4) is 0 Å². The van der Waals surface area contributed by atoms with Crippen molar-refractivity contribution in [3.05, 3.63) is 59.7 Å². The Morgan fingerprint density at radius 2 is 1.57 bits per heavy atom. The number of carboxylic acids is 1. The largest absolute Gasteiger partial charge is 0.480 e. The lowest BCUT2D eigenvalue weighted by Crippen LogP contribution is -2.46. The van der Waals surface area contributed by atoms with E-state index in [4.69, 9.17) is 9.84 Å². The van der Waals surface area contributed by atoms with E-state index in [9.17, 15) is 9.59 Å². The number of nitrogens with one attached hydrogen (secondary N) is 1. The normalized spacial score (nSPS) is 17.0. The molecule has 28 heavy (non-hydrogen) atoms. The van der Waals surface area contributed by atoms with Gasteiger partial charge in [0.05, 0.1) is 6.54 Å². The summed E-state index contributed by atoms with van der Waals surface area (Å²) in [4.78, 5) is 25.0. The van der Waals surface area contributed by atoms with Crippen LogP contribution in [0.15, 0.2) is 48.5 Å². The van der Waals surface area contributed by atoms with Crippen LogP contribution >= 0.6 is 0 Å². The average molecular weight is 380 g/mol. The molecule has 0 saturated carbocycles. The van der Waals surface area contributed by atoms with Gasteiger partial charge in [-0.1, -0.05) is 48.5 Å². The zero-order valence-corrected chi connectivity index (χ0v) is 15.6. The number of hydrogen-bond donors (Lipinski definition) is 2. The molecule has 1 fully saturated rings. The first-order chi connectivity index (χ1) is 13.6. The van der Waals surface area contributed by atoms with Crippen LogP contribution in [-0.2, 0) is 9.53 Å². The summed E-state index contributed by atoms with van der Waals surface area (Å²) >= 11 is 0. The number of fused-ring (bicyclic) bond motifs is 3. The zero-order chi connectivity index (χ0) is 19.5. The number of aliphatic carboxylic acids is 1. The minimum atomic E-state index is -0.817.